The highest BCUT2D eigenvalue weighted by atomic mass is 79.9. The highest BCUT2D eigenvalue weighted by molar-refractivity contribution is 9.11. The number of thiophene rings is 1. The van der Waals surface area contributed by atoms with Crippen LogP contribution in [0.3, 0.4) is 0 Å². The Morgan fingerprint density at radius 1 is 1.56 bits per heavy atom. The van der Waals surface area contributed by atoms with Crippen molar-refractivity contribution in [2.75, 3.05) is 0 Å². The Balaban J connectivity index is 2.23. The Bertz CT molecular complexity index is 559. The Morgan fingerprint density at radius 2 is 2.22 bits per heavy atom. The van der Waals surface area contributed by atoms with Gasteiger partial charge in [0.15, 0.2) is 0 Å². The van der Waals surface area contributed by atoms with Gasteiger partial charge >= 0.3 is 0 Å². The fourth-order valence-electron chi connectivity index (χ4n) is 1.85. The molecule has 18 heavy (non-hydrogen) atoms. The summed E-state index contributed by atoms with van der Waals surface area (Å²) in [6, 6.07) is 2.00. The molecule has 0 spiro atoms. The molecule has 2 aromatic rings. The van der Waals surface area contributed by atoms with Crippen LogP contribution in [0.15, 0.2) is 9.85 Å². The fraction of sp³-hybridized carbons (Fsp3) is 0.417. The third-order valence-electron chi connectivity index (χ3n) is 2.87. The molecule has 0 bridgehead atoms. The highest BCUT2D eigenvalue weighted by Crippen LogP contribution is 2.34. The van der Waals surface area contributed by atoms with Crippen LogP contribution < -0.4 is 0 Å². The van der Waals surface area contributed by atoms with Crippen molar-refractivity contribution in [3.63, 3.8) is 0 Å². The molecule has 3 nitrogen and oxygen atoms in total. The molecule has 1 atom stereocenters. The number of rotatable bonds is 3. The third-order valence-corrected chi connectivity index (χ3v) is 5.58. The molecule has 0 aliphatic carbocycles. The predicted molar refractivity (Wildman–Crippen MR) is 78.4 cm³/mol. The maximum Gasteiger partial charge on any atom is 0.130 e. The Kier molecular flexibility index (Phi) is 4.16. The molecule has 98 valence electrons. The molecule has 2 heterocycles. The first kappa shape index (κ1) is 14.1. The van der Waals surface area contributed by atoms with Crippen LogP contribution in [0.1, 0.15) is 27.8 Å². The molecular formula is C12H14BrClN2OS. The van der Waals surface area contributed by atoms with Crippen molar-refractivity contribution in [1.82, 2.24) is 9.78 Å². The minimum Gasteiger partial charge on any atom is -0.387 e. The second-order valence-corrected chi connectivity index (χ2v) is 7.06. The quantitative estimate of drug-likeness (QED) is 0.915. The number of hydrogen-bond donors (Lipinski definition) is 1. The summed E-state index contributed by atoms with van der Waals surface area (Å²) >= 11 is 11.2. The van der Waals surface area contributed by atoms with Gasteiger partial charge < -0.3 is 5.11 Å². The van der Waals surface area contributed by atoms with Gasteiger partial charge in [0.25, 0.3) is 0 Å². The zero-order valence-electron chi connectivity index (χ0n) is 10.4. The SMILES string of the molecule is Cc1cc(C(O)Cc2c(C)nn(C)c2Cl)sc1Br. The molecule has 1 unspecified atom stereocenters. The summed E-state index contributed by atoms with van der Waals surface area (Å²) in [5.41, 5.74) is 2.92. The van der Waals surface area contributed by atoms with Crippen LogP contribution in [0, 0.1) is 13.8 Å². The lowest BCUT2D eigenvalue weighted by Crippen LogP contribution is -2.00. The molecule has 1 N–H and O–H groups in total. The van der Waals surface area contributed by atoms with E-state index in [-0.39, 0.29) is 0 Å². The highest BCUT2D eigenvalue weighted by Gasteiger charge is 2.18. The predicted octanol–water partition coefficient (Wildman–Crippen LogP) is 3.79. The molecule has 0 aliphatic heterocycles. The Morgan fingerprint density at radius 3 is 2.67 bits per heavy atom. The van der Waals surface area contributed by atoms with Crippen LogP contribution in [0.25, 0.3) is 0 Å². The summed E-state index contributed by atoms with van der Waals surface area (Å²) in [6.45, 7) is 3.92. The average molecular weight is 350 g/mol. The van der Waals surface area contributed by atoms with Crippen LogP contribution in [-0.2, 0) is 13.5 Å². The van der Waals surface area contributed by atoms with Crippen LogP contribution in [-0.4, -0.2) is 14.9 Å². The molecule has 2 aromatic heterocycles. The van der Waals surface area contributed by atoms with Gasteiger partial charge in [-0.05, 0) is 41.4 Å². The monoisotopic (exact) mass is 348 g/mol. The van der Waals surface area contributed by atoms with Crippen molar-refractivity contribution < 1.29 is 5.11 Å². The lowest BCUT2D eigenvalue weighted by molar-refractivity contribution is 0.182. The van der Waals surface area contributed by atoms with Gasteiger partial charge in [0.1, 0.15) is 5.15 Å². The number of nitrogens with zero attached hydrogens (tertiary/aromatic N) is 2. The average Bonchev–Trinajstić information content (AvgIpc) is 2.75. The maximum absolute atomic E-state index is 10.3. The summed E-state index contributed by atoms with van der Waals surface area (Å²) in [5.74, 6) is 0. The number of aliphatic hydroxyl groups is 1. The molecule has 0 saturated carbocycles. The summed E-state index contributed by atoms with van der Waals surface area (Å²) < 4.78 is 2.69. The van der Waals surface area contributed by atoms with Crippen LogP contribution >= 0.6 is 38.9 Å². The molecule has 0 amide bonds. The Labute approximate surface area is 124 Å². The zero-order valence-corrected chi connectivity index (χ0v) is 13.5. The lowest BCUT2D eigenvalue weighted by atomic mass is 10.1. The Hall–Kier alpha value is -0.360. The molecule has 0 fully saturated rings. The molecule has 6 heteroatoms. The molecular weight excluding hydrogens is 336 g/mol. The number of hydrogen-bond acceptors (Lipinski definition) is 3. The van der Waals surface area contributed by atoms with Crippen LogP contribution in [0.4, 0.5) is 0 Å². The van der Waals surface area contributed by atoms with E-state index < -0.39 is 6.10 Å². The molecule has 2 rings (SSSR count). The van der Waals surface area contributed by atoms with E-state index in [1.165, 1.54) is 0 Å². The van der Waals surface area contributed by atoms with Crippen molar-refractivity contribution in [2.24, 2.45) is 7.05 Å². The maximum atomic E-state index is 10.3. The molecule has 0 saturated heterocycles. The lowest BCUT2D eigenvalue weighted by Gasteiger charge is -2.08. The van der Waals surface area contributed by atoms with E-state index in [1.807, 2.05) is 19.9 Å². The van der Waals surface area contributed by atoms with Gasteiger partial charge in [-0.15, -0.1) is 11.3 Å². The summed E-state index contributed by atoms with van der Waals surface area (Å²) in [4.78, 5) is 0.943. The van der Waals surface area contributed by atoms with Crippen molar-refractivity contribution in [2.45, 2.75) is 26.4 Å². The van der Waals surface area contributed by atoms with E-state index in [9.17, 15) is 5.11 Å². The van der Waals surface area contributed by atoms with Crippen molar-refractivity contribution >= 4 is 38.9 Å². The van der Waals surface area contributed by atoms with Crippen molar-refractivity contribution in [1.29, 1.82) is 0 Å². The number of aliphatic hydroxyl groups excluding tert-OH is 1. The first-order valence-corrected chi connectivity index (χ1v) is 7.50. The summed E-state index contributed by atoms with van der Waals surface area (Å²) in [5, 5.41) is 15.1. The largest absolute Gasteiger partial charge is 0.387 e. The normalized spacial score (nSPS) is 13.0. The van der Waals surface area contributed by atoms with Crippen LogP contribution in [0.5, 0.6) is 0 Å². The molecule has 0 aromatic carbocycles. The molecule has 0 radical (unpaired) electrons. The van der Waals surface area contributed by atoms with Gasteiger partial charge in [0.05, 0.1) is 15.6 Å². The smallest absolute Gasteiger partial charge is 0.130 e. The van der Waals surface area contributed by atoms with E-state index in [2.05, 4.69) is 21.0 Å². The topological polar surface area (TPSA) is 38.1 Å². The van der Waals surface area contributed by atoms with Gasteiger partial charge in [-0.1, -0.05) is 11.6 Å². The van der Waals surface area contributed by atoms with Crippen LogP contribution in [0.2, 0.25) is 5.15 Å². The van der Waals surface area contributed by atoms with Gasteiger partial charge in [-0.2, -0.15) is 5.10 Å². The van der Waals surface area contributed by atoms with Gasteiger partial charge in [0, 0.05) is 23.9 Å². The first-order chi connectivity index (χ1) is 8.40. The number of halogens is 2. The van der Waals surface area contributed by atoms with Crippen molar-refractivity contribution in [3.05, 3.63) is 36.7 Å². The minimum absolute atomic E-state index is 0.491. The van der Waals surface area contributed by atoms with Gasteiger partial charge in [-0.25, -0.2) is 0 Å². The summed E-state index contributed by atoms with van der Waals surface area (Å²) in [6.07, 6.45) is -0.0503. The second-order valence-electron chi connectivity index (χ2n) is 4.30. The number of aromatic nitrogens is 2. The fourth-order valence-corrected chi connectivity index (χ4v) is 3.66. The van der Waals surface area contributed by atoms with E-state index in [4.69, 9.17) is 11.6 Å². The minimum atomic E-state index is -0.541. The van der Waals surface area contributed by atoms with E-state index >= 15 is 0 Å². The molecule has 0 aliphatic rings. The summed E-state index contributed by atoms with van der Waals surface area (Å²) in [7, 11) is 1.80. The van der Waals surface area contributed by atoms with Gasteiger partial charge in [-0.3, -0.25) is 4.68 Å². The van der Waals surface area contributed by atoms with Gasteiger partial charge in [0.2, 0.25) is 0 Å². The standard InChI is InChI=1S/C12H14BrClN2OS/c1-6-4-10(18-11(6)13)9(17)5-8-7(2)15-16(3)12(8)14/h4,9,17H,5H2,1-3H3. The third kappa shape index (κ3) is 2.64. The van der Waals surface area contributed by atoms with E-state index in [1.54, 1.807) is 23.1 Å². The first-order valence-electron chi connectivity index (χ1n) is 5.52. The zero-order chi connectivity index (χ0) is 13.4. The van der Waals surface area contributed by atoms with E-state index in [0.717, 1.165) is 25.5 Å². The number of aryl methyl sites for hydroxylation is 3. The second kappa shape index (κ2) is 5.33. The van der Waals surface area contributed by atoms with Crippen molar-refractivity contribution in [3.8, 4) is 0 Å². The van der Waals surface area contributed by atoms with E-state index in [0.29, 0.717) is 11.6 Å².